The van der Waals surface area contributed by atoms with E-state index < -0.39 is 0 Å². The van der Waals surface area contributed by atoms with E-state index in [1.165, 1.54) is 11.1 Å². The Balaban J connectivity index is 1.79. The van der Waals surface area contributed by atoms with Gasteiger partial charge in [0.05, 0.1) is 6.54 Å². The van der Waals surface area contributed by atoms with Crippen molar-refractivity contribution in [2.75, 3.05) is 12.4 Å². The van der Waals surface area contributed by atoms with Crippen LogP contribution in [-0.4, -0.2) is 21.9 Å². The van der Waals surface area contributed by atoms with E-state index in [2.05, 4.69) is 56.6 Å². The summed E-state index contributed by atoms with van der Waals surface area (Å²) in [4.78, 5) is 11.2. The van der Waals surface area contributed by atoms with Crippen molar-refractivity contribution in [1.82, 2.24) is 14.9 Å². The zero-order chi connectivity index (χ0) is 15.9. The van der Waals surface area contributed by atoms with Gasteiger partial charge in [-0.05, 0) is 11.6 Å². The lowest BCUT2D eigenvalue weighted by atomic mass is 10.2. The highest BCUT2D eigenvalue weighted by Crippen LogP contribution is 2.18. The zero-order valence-electron chi connectivity index (χ0n) is 13.1. The van der Waals surface area contributed by atoms with Crippen LogP contribution in [0.25, 0.3) is 0 Å². The van der Waals surface area contributed by atoms with E-state index in [9.17, 15) is 0 Å². The third-order valence-electron chi connectivity index (χ3n) is 3.61. The summed E-state index contributed by atoms with van der Waals surface area (Å²) in [5.74, 6) is 0.935. The Bertz CT molecular complexity index is 713. The summed E-state index contributed by atoms with van der Waals surface area (Å²) >= 11 is 1.70. The Hall–Kier alpha value is -2.24. The summed E-state index contributed by atoms with van der Waals surface area (Å²) in [5, 5.41) is 6.33. The van der Waals surface area contributed by atoms with Gasteiger partial charge < -0.3 is 5.32 Å². The molecule has 2 heterocycles. The summed E-state index contributed by atoms with van der Waals surface area (Å²) < 4.78 is 0. The second-order valence-corrected chi connectivity index (χ2v) is 6.30. The molecule has 0 atom stereocenters. The number of rotatable bonds is 7. The number of aromatic nitrogens is 2. The number of pyridine rings is 1. The molecule has 0 aliphatic carbocycles. The first kappa shape index (κ1) is 15.6. The van der Waals surface area contributed by atoms with Crippen LogP contribution in [0, 0.1) is 0 Å². The van der Waals surface area contributed by atoms with Gasteiger partial charge in [-0.25, -0.2) is 9.97 Å². The van der Waals surface area contributed by atoms with Gasteiger partial charge in [-0.3, -0.25) is 4.90 Å². The fraction of sp³-hybridized carbons (Fsp3) is 0.222. The van der Waals surface area contributed by atoms with Crippen LogP contribution in [-0.2, 0) is 19.6 Å². The molecule has 0 amide bonds. The maximum atomic E-state index is 4.43. The van der Waals surface area contributed by atoms with E-state index in [1.54, 1.807) is 11.3 Å². The summed E-state index contributed by atoms with van der Waals surface area (Å²) in [6, 6.07) is 14.7. The van der Waals surface area contributed by atoms with Gasteiger partial charge in [0, 0.05) is 43.5 Å². The normalized spacial score (nSPS) is 10.9. The predicted molar refractivity (Wildman–Crippen MR) is 95.3 cm³/mol. The number of nitrogens with one attached hydrogen (secondary N) is 1. The molecule has 0 radical (unpaired) electrons. The van der Waals surface area contributed by atoms with Crippen molar-refractivity contribution in [3.05, 3.63) is 76.4 Å². The molecule has 0 aliphatic heterocycles. The molecule has 3 rings (SSSR count). The van der Waals surface area contributed by atoms with Crippen molar-refractivity contribution >= 4 is 17.2 Å². The van der Waals surface area contributed by atoms with E-state index in [0.717, 1.165) is 30.5 Å². The SMILES string of the molecule is CNc1ncccc1CN(Cc1ccccc1)Cc1nccs1. The van der Waals surface area contributed by atoms with Crippen LogP contribution in [0.2, 0.25) is 0 Å². The second kappa shape index (κ2) is 7.85. The molecule has 0 aliphatic rings. The Kier molecular flexibility index (Phi) is 5.34. The highest BCUT2D eigenvalue weighted by atomic mass is 32.1. The minimum absolute atomic E-state index is 0.832. The van der Waals surface area contributed by atoms with E-state index >= 15 is 0 Å². The molecule has 0 bridgehead atoms. The lowest BCUT2D eigenvalue weighted by Crippen LogP contribution is -2.23. The van der Waals surface area contributed by atoms with Crippen molar-refractivity contribution in [2.24, 2.45) is 0 Å². The third kappa shape index (κ3) is 4.37. The molecule has 4 nitrogen and oxygen atoms in total. The van der Waals surface area contributed by atoms with Gasteiger partial charge in [0.2, 0.25) is 0 Å². The molecule has 0 spiro atoms. The molecule has 1 N–H and O–H groups in total. The fourth-order valence-corrected chi connectivity index (χ4v) is 3.22. The molecule has 0 saturated carbocycles. The van der Waals surface area contributed by atoms with Gasteiger partial charge in [0.1, 0.15) is 10.8 Å². The minimum Gasteiger partial charge on any atom is -0.373 e. The molecule has 0 unspecified atom stereocenters. The molecule has 1 aromatic carbocycles. The Labute approximate surface area is 140 Å². The predicted octanol–water partition coefficient (Wildman–Crippen LogP) is 3.78. The Morgan fingerprint density at radius 1 is 0.957 bits per heavy atom. The molecule has 2 aromatic heterocycles. The highest BCUT2D eigenvalue weighted by Gasteiger charge is 2.12. The van der Waals surface area contributed by atoms with Crippen LogP contribution >= 0.6 is 11.3 Å². The van der Waals surface area contributed by atoms with Crippen molar-refractivity contribution in [1.29, 1.82) is 0 Å². The molecular formula is C18H20N4S. The molecule has 3 aromatic rings. The number of thiazole rings is 1. The van der Waals surface area contributed by atoms with Crippen LogP contribution < -0.4 is 5.32 Å². The first-order valence-electron chi connectivity index (χ1n) is 7.61. The van der Waals surface area contributed by atoms with Crippen LogP contribution in [0.1, 0.15) is 16.1 Å². The van der Waals surface area contributed by atoms with Gasteiger partial charge in [0.15, 0.2) is 0 Å². The van der Waals surface area contributed by atoms with E-state index in [-0.39, 0.29) is 0 Å². The minimum atomic E-state index is 0.832. The molecule has 23 heavy (non-hydrogen) atoms. The topological polar surface area (TPSA) is 41.1 Å². The van der Waals surface area contributed by atoms with Crippen molar-refractivity contribution in [3.63, 3.8) is 0 Å². The van der Waals surface area contributed by atoms with Gasteiger partial charge >= 0.3 is 0 Å². The van der Waals surface area contributed by atoms with Crippen LogP contribution in [0.4, 0.5) is 5.82 Å². The smallest absolute Gasteiger partial charge is 0.130 e. The first-order valence-corrected chi connectivity index (χ1v) is 8.49. The maximum absolute atomic E-state index is 4.43. The van der Waals surface area contributed by atoms with E-state index in [0.29, 0.717) is 0 Å². The average molecular weight is 324 g/mol. The summed E-state index contributed by atoms with van der Waals surface area (Å²) in [5.41, 5.74) is 2.50. The summed E-state index contributed by atoms with van der Waals surface area (Å²) in [6.07, 6.45) is 3.68. The quantitative estimate of drug-likeness (QED) is 0.718. The Morgan fingerprint density at radius 3 is 2.57 bits per heavy atom. The third-order valence-corrected chi connectivity index (χ3v) is 4.38. The number of anilines is 1. The largest absolute Gasteiger partial charge is 0.373 e. The van der Waals surface area contributed by atoms with Gasteiger partial charge in [-0.15, -0.1) is 11.3 Å². The number of hydrogen-bond acceptors (Lipinski definition) is 5. The second-order valence-electron chi connectivity index (χ2n) is 5.32. The van der Waals surface area contributed by atoms with Crippen LogP contribution in [0.15, 0.2) is 60.2 Å². The molecule has 0 saturated heterocycles. The van der Waals surface area contributed by atoms with E-state index in [1.807, 2.05) is 30.9 Å². The van der Waals surface area contributed by atoms with Gasteiger partial charge in [-0.1, -0.05) is 36.4 Å². The zero-order valence-corrected chi connectivity index (χ0v) is 14.0. The molecular weight excluding hydrogens is 304 g/mol. The van der Waals surface area contributed by atoms with Crippen molar-refractivity contribution < 1.29 is 0 Å². The lowest BCUT2D eigenvalue weighted by Gasteiger charge is -2.22. The number of benzene rings is 1. The summed E-state index contributed by atoms with van der Waals surface area (Å²) in [6.45, 7) is 2.56. The van der Waals surface area contributed by atoms with Crippen molar-refractivity contribution in [3.8, 4) is 0 Å². The monoisotopic (exact) mass is 324 g/mol. The lowest BCUT2D eigenvalue weighted by molar-refractivity contribution is 0.247. The fourth-order valence-electron chi connectivity index (χ4n) is 2.56. The summed E-state index contributed by atoms with van der Waals surface area (Å²) in [7, 11) is 1.91. The highest BCUT2D eigenvalue weighted by molar-refractivity contribution is 7.09. The van der Waals surface area contributed by atoms with Crippen LogP contribution in [0.3, 0.4) is 0 Å². The maximum Gasteiger partial charge on any atom is 0.130 e. The molecule has 118 valence electrons. The average Bonchev–Trinajstić information content (AvgIpc) is 3.09. The Morgan fingerprint density at radius 2 is 1.83 bits per heavy atom. The van der Waals surface area contributed by atoms with Gasteiger partial charge in [0.25, 0.3) is 0 Å². The van der Waals surface area contributed by atoms with Crippen LogP contribution in [0.5, 0.6) is 0 Å². The van der Waals surface area contributed by atoms with Gasteiger partial charge in [-0.2, -0.15) is 0 Å². The van der Waals surface area contributed by atoms with E-state index in [4.69, 9.17) is 0 Å². The number of hydrogen-bond donors (Lipinski definition) is 1. The number of nitrogens with zero attached hydrogens (tertiary/aromatic N) is 3. The first-order chi connectivity index (χ1) is 11.3. The standard InChI is InChI=1S/C18H20N4S/c1-19-18-16(8-5-9-21-18)13-22(14-17-20-10-11-23-17)12-15-6-3-2-4-7-15/h2-11H,12-14H2,1H3,(H,19,21). The molecule has 0 fully saturated rings. The molecule has 5 heteroatoms. The van der Waals surface area contributed by atoms with Crippen molar-refractivity contribution in [2.45, 2.75) is 19.6 Å².